The quantitative estimate of drug-likeness (QED) is 0.290. The molecule has 44 heavy (non-hydrogen) atoms. The van der Waals surface area contributed by atoms with Crippen molar-refractivity contribution < 1.29 is 36.6 Å². The second kappa shape index (κ2) is 11.5. The van der Waals surface area contributed by atoms with E-state index in [1.165, 1.54) is 40.2 Å². The number of aromatic nitrogens is 3. The predicted molar refractivity (Wildman–Crippen MR) is 155 cm³/mol. The van der Waals surface area contributed by atoms with Crippen LogP contribution < -0.4 is 24.6 Å². The van der Waals surface area contributed by atoms with Gasteiger partial charge < -0.3 is 19.7 Å². The molecule has 4 aromatic rings. The number of benzene rings is 3. The van der Waals surface area contributed by atoms with Gasteiger partial charge in [-0.3, -0.25) is 9.69 Å². The minimum Gasteiger partial charge on any atom is -0.487 e. The number of amides is 3. The van der Waals surface area contributed by atoms with Crippen molar-refractivity contribution in [1.29, 1.82) is 0 Å². The Bertz CT molecular complexity index is 1780. The van der Waals surface area contributed by atoms with E-state index in [1.54, 1.807) is 12.1 Å². The second-order valence-corrected chi connectivity index (χ2v) is 10.4. The van der Waals surface area contributed by atoms with Gasteiger partial charge >= 0.3 is 12.4 Å². The summed E-state index contributed by atoms with van der Waals surface area (Å²) in [5.74, 6) is -0.747. The highest BCUT2D eigenvalue weighted by Gasteiger charge is 2.34. The maximum atomic E-state index is 15.0. The molecule has 1 aromatic heterocycles. The third-order valence-corrected chi connectivity index (χ3v) is 7.48. The van der Waals surface area contributed by atoms with Gasteiger partial charge in [0.05, 0.1) is 35.0 Å². The highest BCUT2D eigenvalue weighted by atomic mass is 32.2. The minimum absolute atomic E-state index is 0.0693. The summed E-state index contributed by atoms with van der Waals surface area (Å²) in [6, 6.07) is 13.4. The number of urea groups is 1. The van der Waals surface area contributed by atoms with Crippen molar-refractivity contribution in [2.24, 2.45) is 4.99 Å². The lowest BCUT2D eigenvalue weighted by molar-refractivity contribution is -0.274. The lowest BCUT2D eigenvalue weighted by Gasteiger charge is -2.30. The molecule has 2 aliphatic rings. The van der Waals surface area contributed by atoms with E-state index in [4.69, 9.17) is 4.74 Å². The first-order valence-corrected chi connectivity index (χ1v) is 13.9. The zero-order valence-corrected chi connectivity index (χ0v) is 23.5. The molecule has 3 heterocycles. The van der Waals surface area contributed by atoms with Gasteiger partial charge in [-0.1, -0.05) is 17.8 Å². The molecule has 3 aromatic carbocycles. The van der Waals surface area contributed by atoms with Gasteiger partial charge in [0.2, 0.25) is 5.91 Å². The Morgan fingerprint density at radius 2 is 1.89 bits per heavy atom. The molecule has 2 aliphatic heterocycles. The molecule has 1 fully saturated rings. The number of hydrogen-bond acceptors (Lipinski definition) is 8. The number of halogens is 4. The monoisotopic (exact) mass is 627 g/mol. The summed E-state index contributed by atoms with van der Waals surface area (Å²) in [5, 5.41) is 6.77. The third-order valence-electron chi connectivity index (χ3n) is 6.56. The van der Waals surface area contributed by atoms with Crippen LogP contribution in [0.15, 0.2) is 72.0 Å². The van der Waals surface area contributed by atoms with Gasteiger partial charge in [0.1, 0.15) is 24.5 Å². The van der Waals surface area contributed by atoms with Crippen LogP contribution in [-0.4, -0.2) is 64.2 Å². The maximum absolute atomic E-state index is 15.0. The molecule has 16 heteroatoms. The number of fused-ring (bicyclic) bond motifs is 1. The summed E-state index contributed by atoms with van der Waals surface area (Å²) in [4.78, 5) is 37.1. The zero-order chi connectivity index (χ0) is 31.0. The topological polar surface area (TPSA) is 114 Å². The fourth-order valence-electron chi connectivity index (χ4n) is 4.53. The predicted octanol–water partition coefficient (Wildman–Crippen LogP) is 5.47. The van der Waals surface area contributed by atoms with E-state index in [1.807, 2.05) is 18.0 Å². The number of rotatable bonds is 5. The Hall–Kier alpha value is -5.12. The number of hydrogen-bond donors (Lipinski definition) is 1. The van der Waals surface area contributed by atoms with Gasteiger partial charge in [0.15, 0.2) is 16.7 Å². The first-order chi connectivity index (χ1) is 21.1. The highest BCUT2D eigenvalue weighted by molar-refractivity contribution is 8.15. The first-order valence-electron chi connectivity index (χ1n) is 13.0. The summed E-state index contributed by atoms with van der Waals surface area (Å²) in [7, 11) is 1.91. The summed E-state index contributed by atoms with van der Waals surface area (Å²) >= 11 is 1.08. The number of amidine groups is 1. The van der Waals surface area contributed by atoms with Crippen molar-refractivity contribution in [2.75, 3.05) is 41.1 Å². The van der Waals surface area contributed by atoms with Crippen molar-refractivity contribution in [1.82, 2.24) is 14.8 Å². The second-order valence-electron chi connectivity index (χ2n) is 9.49. The molecule has 0 unspecified atom stereocenters. The van der Waals surface area contributed by atoms with Crippen molar-refractivity contribution >= 4 is 45.9 Å². The summed E-state index contributed by atoms with van der Waals surface area (Å²) in [5.41, 5.74) is 1.78. The van der Waals surface area contributed by atoms with Crippen molar-refractivity contribution in [3.8, 4) is 28.6 Å². The van der Waals surface area contributed by atoms with Gasteiger partial charge in [-0.2, -0.15) is 4.99 Å². The lowest BCUT2D eigenvalue weighted by Crippen LogP contribution is -2.34. The molecule has 226 valence electrons. The number of nitrogens with zero attached hydrogens (tertiary/aromatic N) is 6. The number of carbonyl (C=O) groups excluding carboxylic acids is 2. The van der Waals surface area contributed by atoms with E-state index < -0.39 is 24.0 Å². The molecule has 11 nitrogen and oxygen atoms in total. The Labute approximate surface area is 251 Å². The number of anilines is 3. The Morgan fingerprint density at radius 1 is 1.11 bits per heavy atom. The molecule has 3 amide bonds. The maximum Gasteiger partial charge on any atom is 0.573 e. The van der Waals surface area contributed by atoms with Gasteiger partial charge in [0, 0.05) is 12.6 Å². The van der Waals surface area contributed by atoms with Gasteiger partial charge in [0.25, 0.3) is 0 Å². The molecule has 0 bridgehead atoms. The van der Waals surface area contributed by atoms with E-state index in [-0.39, 0.29) is 33.9 Å². The number of nitrogens with one attached hydrogen (secondary N) is 1. The van der Waals surface area contributed by atoms with Crippen molar-refractivity contribution in [3.63, 3.8) is 0 Å². The number of aliphatic imine (C=N–C) groups is 1. The lowest BCUT2D eigenvalue weighted by atomic mass is 10.2. The molecule has 0 spiro atoms. The fourth-order valence-corrected chi connectivity index (χ4v) is 5.39. The first kappa shape index (κ1) is 29.0. The van der Waals surface area contributed by atoms with Crippen LogP contribution >= 0.6 is 11.8 Å². The normalized spacial score (nSPS) is 15.8. The summed E-state index contributed by atoms with van der Waals surface area (Å²) in [6.07, 6.45) is -3.49. The molecular formula is C28H21F4N7O4S. The Balaban J connectivity index is 1.16. The third kappa shape index (κ3) is 6.01. The number of ether oxygens (including phenoxy) is 2. The number of para-hydroxylation sites is 1. The molecule has 0 atom stereocenters. The van der Waals surface area contributed by atoms with Gasteiger partial charge in [-0.05, 0) is 54.6 Å². The Kier molecular flexibility index (Phi) is 7.59. The number of carbonyl (C=O) groups is 2. The average Bonchev–Trinajstić information content (AvgIpc) is 3.61. The van der Waals surface area contributed by atoms with Crippen LogP contribution in [0, 0.1) is 5.82 Å². The fraction of sp³-hybridized carbons (Fsp3) is 0.179. The van der Waals surface area contributed by atoms with Crippen LogP contribution in [0.25, 0.3) is 17.1 Å². The number of alkyl halides is 3. The smallest absolute Gasteiger partial charge is 0.487 e. The van der Waals surface area contributed by atoms with Crippen molar-refractivity contribution in [3.05, 3.63) is 72.8 Å². The van der Waals surface area contributed by atoms with Crippen LogP contribution in [0.3, 0.4) is 0 Å². The molecular weight excluding hydrogens is 606 g/mol. The minimum atomic E-state index is -4.81. The van der Waals surface area contributed by atoms with Crippen LogP contribution in [0.4, 0.5) is 39.4 Å². The van der Waals surface area contributed by atoms with Crippen LogP contribution in [0.2, 0.25) is 0 Å². The van der Waals surface area contributed by atoms with Gasteiger partial charge in [-0.25, -0.2) is 18.9 Å². The van der Waals surface area contributed by atoms with Gasteiger partial charge in [-0.15, -0.1) is 18.3 Å². The number of thioether (sulfide) groups is 1. The van der Waals surface area contributed by atoms with Crippen LogP contribution in [0.1, 0.15) is 0 Å². The number of likely N-dealkylation sites (N-methyl/N-ethyl adjacent to an activating group) is 1. The van der Waals surface area contributed by atoms with E-state index in [2.05, 4.69) is 25.1 Å². The zero-order valence-electron chi connectivity index (χ0n) is 22.7. The molecule has 0 aliphatic carbocycles. The van der Waals surface area contributed by atoms with Crippen molar-refractivity contribution in [2.45, 2.75) is 6.36 Å². The molecule has 1 saturated heterocycles. The van der Waals surface area contributed by atoms with Crippen LogP contribution in [-0.2, 0) is 4.79 Å². The molecule has 0 radical (unpaired) electrons. The summed E-state index contributed by atoms with van der Waals surface area (Å²) in [6.45, 7) is 1.12. The standard InChI is InChI=1S/C28H21F4N7O4S/c1-37-11-12-42-24-21(37)3-2-4-22(24)39-23(40)14-44-27(39)35-26(41)34-20-10-5-16(13-19(20)29)25-33-15-38(36-25)17-6-8-18(9-7-17)43-28(30,31)32/h2-10,13,15H,11-12,14H2,1H3,(H,34,41)/b35-27-. The average molecular weight is 628 g/mol. The van der Waals surface area contributed by atoms with Crippen LogP contribution in [0.5, 0.6) is 11.5 Å². The van der Waals surface area contributed by atoms with E-state index in [9.17, 15) is 22.8 Å². The SMILES string of the molecule is CN1CCOc2c1cccc2N1C(=O)CS/C1=N\C(=O)Nc1ccc(-c2ncn(-c3ccc(OC(F)(F)F)cc3)n2)cc1F. The molecule has 0 saturated carbocycles. The highest BCUT2D eigenvalue weighted by Crippen LogP contribution is 2.42. The van der Waals surface area contributed by atoms with E-state index in [0.717, 1.165) is 35.6 Å². The van der Waals surface area contributed by atoms with E-state index in [0.29, 0.717) is 30.3 Å². The molecule has 6 rings (SSSR count). The van der Waals surface area contributed by atoms with E-state index >= 15 is 4.39 Å². The largest absolute Gasteiger partial charge is 0.573 e. The molecule has 1 N–H and O–H groups in total. The Morgan fingerprint density at radius 3 is 2.64 bits per heavy atom. The summed E-state index contributed by atoms with van der Waals surface area (Å²) < 4.78 is 63.2.